The number of carbonyl (C=O) groups is 1. The number of anilines is 1. The Balaban J connectivity index is 1.86. The van der Waals surface area contributed by atoms with Crippen molar-refractivity contribution >= 4 is 27.4 Å². The number of benzene rings is 2. The van der Waals surface area contributed by atoms with Crippen molar-refractivity contribution in [2.24, 2.45) is 5.92 Å². The first-order chi connectivity index (χ1) is 9.65. The Labute approximate surface area is 127 Å². The number of fused-ring (bicyclic) bond motifs is 1. The minimum atomic E-state index is 0.0739. The highest BCUT2D eigenvalue weighted by atomic mass is 79.9. The molecule has 0 saturated heterocycles. The average Bonchev–Trinajstić information content (AvgIpc) is 2.46. The van der Waals surface area contributed by atoms with Crippen LogP contribution < -0.4 is 5.73 Å². The zero-order chi connectivity index (χ0) is 14.1. The van der Waals surface area contributed by atoms with Crippen LogP contribution in [0.5, 0.6) is 0 Å². The van der Waals surface area contributed by atoms with Gasteiger partial charge in [-0.2, -0.15) is 0 Å². The molecule has 0 radical (unpaired) electrons. The van der Waals surface area contributed by atoms with E-state index in [1.807, 2.05) is 12.1 Å². The number of ketones is 1. The summed E-state index contributed by atoms with van der Waals surface area (Å²) in [6.45, 7) is 0. The van der Waals surface area contributed by atoms with Crippen molar-refractivity contribution in [2.45, 2.75) is 19.3 Å². The van der Waals surface area contributed by atoms with Crippen LogP contribution in [-0.4, -0.2) is 5.78 Å². The summed E-state index contributed by atoms with van der Waals surface area (Å²) in [5.41, 5.74) is 9.83. The summed E-state index contributed by atoms with van der Waals surface area (Å²) >= 11 is 3.45. The largest absolute Gasteiger partial charge is 0.399 e. The summed E-state index contributed by atoms with van der Waals surface area (Å²) in [6.07, 6.45) is 2.75. The molecule has 1 aliphatic rings. The molecule has 3 rings (SSSR count). The molecule has 0 heterocycles. The Kier molecular flexibility index (Phi) is 3.62. The van der Waals surface area contributed by atoms with Crippen molar-refractivity contribution in [3.8, 4) is 0 Å². The Morgan fingerprint density at radius 1 is 1.15 bits per heavy atom. The van der Waals surface area contributed by atoms with Crippen LogP contribution in [0.1, 0.15) is 27.9 Å². The van der Waals surface area contributed by atoms with Gasteiger partial charge in [0.15, 0.2) is 5.78 Å². The van der Waals surface area contributed by atoms with Crippen molar-refractivity contribution < 1.29 is 4.79 Å². The Morgan fingerprint density at radius 3 is 2.65 bits per heavy atom. The van der Waals surface area contributed by atoms with E-state index in [1.165, 1.54) is 11.1 Å². The molecule has 3 heteroatoms. The highest BCUT2D eigenvalue weighted by Crippen LogP contribution is 2.30. The van der Waals surface area contributed by atoms with Gasteiger partial charge in [0.1, 0.15) is 0 Å². The number of rotatable bonds is 2. The van der Waals surface area contributed by atoms with Crippen LogP contribution in [-0.2, 0) is 12.8 Å². The van der Waals surface area contributed by atoms with E-state index in [1.54, 1.807) is 12.1 Å². The van der Waals surface area contributed by atoms with E-state index in [-0.39, 0.29) is 11.7 Å². The fraction of sp³-hybridized carbons (Fsp3) is 0.235. The first kappa shape index (κ1) is 13.4. The number of nitrogens with two attached hydrogens (primary N) is 1. The monoisotopic (exact) mass is 329 g/mol. The molecule has 0 saturated carbocycles. The molecule has 0 aromatic heterocycles. The van der Waals surface area contributed by atoms with Gasteiger partial charge in [0.05, 0.1) is 0 Å². The molecule has 2 aromatic carbocycles. The Hall–Kier alpha value is -1.61. The number of nitrogen functional groups attached to an aromatic ring is 1. The van der Waals surface area contributed by atoms with E-state index in [9.17, 15) is 4.79 Å². The second-order valence-electron chi connectivity index (χ2n) is 5.31. The maximum absolute atomic E-state index is 12.7. The van der Waals surface area contributed by atoms with Gasteiger partial charge < -0.3 is 5.73 Å². The van der Waals surface area contributed by atoms with Gasteiger partial charge in [-0.15, -0.1) is 0 Å². The summed E-state index contributed by atoms with van der Waals surface area (Å²) < 4.78 is 0.793. The minimum Gasteiger partial charge on any atom is -0.399 e. The molecule has 1 unspecified atom stereocenters. The summed E-state index contributed by atoms with van der Waals surface area (Å²) in [5, 5.41) is 0. The van der Waals surface area contributed by atoms with E-state index in [0.717, 1.165) is 29.3 Å². The Bertz CT molecular complexity index is 666. The van der Waals surface area contributed by atoms with Crippen molar-refractivity contribution in [3.05, 3.63) is 63.6 Å². The molecule has 0 aliphatic heterocycles. The topological polar surface area (TPSA) is 43.1 Å². The summed E-state index contributed by atoms with van der Waals surface area (Å²) in [5.74, 6) is 0.288. The highest BCUT2D eigenvalue weighted by molar-refractivity contribution is 9.10. The van der Waals surface area contributed by atoms with Gasteiger partial charge in [0.25, 0.3) is 0 Å². The minimum absolute atomic E-state index is 0.0739. The standard InChI is InChI=1S/C17H16BrNO/c18-16-10-14(19)7-8-15(16)17(20)13-6-5-11-3-1-2-4-12(11)9-13/h1-4,7-8,10,13H,5-6,9,19H2. The number of aryl methyl sites for hydroxylation is 1. The number of hydrogen-bond donors (Lipinski definition) is 1. The van der Waals surface area contributed by atoms with Gasteiger partial charge in [0.2, 0.25) is 0 Å². The normalized spacial score (nSPS) is 17.6. The van der Waals surface area contributed by atoms with E-state index in [4.69, 9.17) is 5.73 Å². The zero-order valence-electron chi connectivity index (χ0n) is 11.1. The number of Topliss-reactive ketones (excluding diaryl/α,β-unsaturated/α-hetero) is 1. The molecule has 0 bridgehead atoms. The van der Waals surface area contributed by atoms with Crippen molar-refractivity contribution in [3.63, 3.8) is 0 Å². The van der Waals surface area contributed by atoms with E-state index in [0.29, 0.717) is 5.69 Å². The Morgan fingerprint density at radius 2 is 1.90 bits per heavy atom. The number of halogens is 1. The molecule has 2 nitrogen and oxygen atoms in total. The lowest BCUT2D eigenvalue weighted by Crippen LogP contribution is -2.23. The van der Waals surface area contributed by atoms with Crippen molar-refractivity contribution in [1.29, 1.82) is 0 Å². The van der Waals surface area contributed by atoms with Crippen LogP contribution in [0.15, 0.2) is 46.9 Å². The molecule has 20 heavy (non-hydrogen) atoms. The summed E-state index contributed by atoms with van der Waals surface area (Å²) in [4.78, 5) is 12.7. The second kappa shape index (κ2) is 5.41. The first-order valence-corrected chi connectivity index (χ1v) is 7.60. The first-order valence-electron chi connectivity index (χ1n) is 6.81. The molecule has 0 spiro atoms. The zero-order valence-corrected chi connectivity index (χ0v) is 12.7. The van der Waals surface area contributed by atoms with Gasteiger partial charge >= 0.3 is 0 Å². The van der Waals surface area contributed by atoms with Gasteiger partial charge in [0, 0.05) is 21.6 Å². The number of carbonyl (C=O) groups excluding carboxylic acids is 1. The fourth-order valence-corrected chi connectivity index (χ4v) is 3.46. The predicted molar refractivity (Wildman–Crippen MR) is 84.8 cm³/mol. The van der Waals surface area contributed by atoms with Gasteiger partial charge in [-0.1, -0.05) is 24.3 Å². The third kappa shape index (κ3) is 2.50. The molecular formula is C17H16BrNO. The quantitative estimate of drug-likeness (QED) is 0.668. The smallest absolute Gasteiger partial charge is 0.167 e. The van der Waals surface area contributed by atoms with Crippen molar-refractivity contribution in [1.82, 2.24) is 0 Å². The molecule has 1 atom stereocenters. The molecule has 102 valence electrons. The lowest BCUT2D eigenvalue weighted by Gasteiger charge is -2.24. The van der Waals surface area contributed by atoms with Gasteiger partial charge in [-0.3, -0.25) is 4.79 Å². The van der Waals surface area contributed by atoms with Crippen LogP contribution in [0.25, 0.3) is 0 Å². The average molecular weight is 330 g/mol. The molecular weight excluding hydrogens is 314 g/mol. The predicted octanol–water partition coefficient (Wildman–Crippen LogP) is 4.02. The molecule has 2 N–H and O–H groups in total. The lowest BCUT2D eigenvalue weighted by atomic mass is 9.80. The van der Waals surface area contributed by atoms with Crippen LogP contribution in [0.4, 0.5) is 5.69 Å². The third-order valence-corrected chi connectivity index (χ3v) is 4.63. The lowest BCUT2D eigenvalue weighted by molar-refractivity contribution is 0.0908. The third-order valence-electron chi connectivity index (χ3n) is 3.98. The summed E-state index contributed by atoms with van der Waals surface area (Å²) in [7, 11) is 0. The van der Waals surface area contributed by atoms with E-state index >= 15 is 0 Å². The molecule has 0 amide bonds. The van der Waals surface area contributed by atoms with E-state index < -0.39 is 0 Å². The maximum atomic E-state index is 12.7. The molecule has 2 aromatic rings. The van der Waals surface area contributed by atoms with Crippen LogP contribution in [0.3, 0.4) is 0 Å². The maximum Gasteiger partial charge on any atom is 0.167 e. The molecule has 0 fully saturated rings. The van der Waals surface area contributed by atoms with Crippen LogP contribution >= 0.6 is 15.9 Å². The van der Waals surface area contributed by atoms with Crippen molar-refractivity contribution in [2.75, 3.05) is 5.73 Å². The van der Waals surface area contributed by atoms with Gasteiger partial charge in [-0.25, -0.2) is 0 Å². The van der Waals surface area contributed by atoms with Gasteiger partial charge in [-0.05, 0) is 64.5 Å². The SMILES string of the molecule is Nc1ccc(C(=O)C2CCc3ccccc3C2)c(Br)c1. The highest BCUT2D eigenvalue weighted by Gasteiger charge is 2.26. The van der Waals surface area contributed by atoms with E-state index in [2.05, 4.69) is 34.1 Å². The van der Waals surface area contributed by atoms with Crippen LogP contribution in [0.2, 0.25) is 0 Å². The second-order valence-corrected chi connectivity index (χ2v) is 6.17. The van der Waals surface area contributed by atoms with Crippen LogP contribution in [0, 0.1) is 5.92 Å². The summed E-state index contributed by atoms with van der Waals surface area (Å²) in [6, 6.07) is 13.8. The number of hydrogen-bond acceptors (Lipinski definition) is 2. The fourth-order valence-electron chi connectivity index (χ4n) is 2.87. The molecule has 1 aliphatic carbocycles.